The van der Waals surface area contributed by atoms with Crippen LogP contribution in [0.25, 0.3) is 0 Å². The van der Waals surface area contributed by atoms with Gasteiger partial charge in [-0.05, 0) is 36.1 Å². The molecule has 0 saturated carbocycles. The molecule has 0 amide bonds. The summed E-state index contributed by atoms with van der Waals surface area (Å²) in [4.78, 5) is 4.55. The van der Waals surface area contributed by atoms with Crippen molar-refractivity contribution in [2.75, 3.05) is 5.32 Å². The highest BCUT2D eigenvalue weighted by Gasteiger charge is 2.37. The third-order valence-corrected chi connectivity index (χ3v) is 4.28. The van der Waals surface area contributed by atoms with Crippen LogP contribution < -0.4 is 5.32 Å². The summed E-state index contributed by atoms with van der Waals surface area (Å²) < 4.78 is 0. The Labute approximate surface area is 113 Å². The lowest BCUT2D eigenvalue weighted by molar-refractivity contribution is 0.419. The smallest absolute Gasteiger partial charge is 0.0725 e. The summed E-state index contributed by atoms with van der Waals surface area (Å²) in [6.45, 7) is 0. The van der Waals surface area contributed by atoms with Gasteiger partial charge in [-0.15, -0.1) is 0 Å². The highest BCUT2D eigenvalue weighted by Crippen LogP contribution is 2.49. The van der Waals surface area contributed by atoms with Crippen LogP contribution in [-0.2, 0) is 0 Å². The molecule has 0 radical (unpaired) electrons. The van der Waals surface area contributed by atoms with E-state index in [2.05, 4.69) is 58.9 Å². The first-order valence-electron chi connectivity index (χ1n) is 6.86. The van der Waals surface area contributed by atoms with Crippen LogP contribution >= 0.6 is 0 Å². The third-order valence-electron chi connectivity index (χ3n) is 4.28. The zero-order valence-electron chi connectivity index (χ0n) is 10.7. The molecule has 2 aliphatic rings. The number of para-hydroxylation sites is 1. The van der Waals surface area contributed by atoms with Crippen LogP contribution in [0.4, 0.5) is 5.69 Å². The molecule has 2 heterocycles. The molecule has 1 aliphatic heterocycles. The Morgan fingerprint density at radius 3 is 2.84 bits per heavy atom. The van der Waals surface area contributed by atoms with Gasteiger partial charge in [0.25, 0.3) is 0 Å². The lowest BCUT2D eigenvalue weighted by Crippen LogP contribution is -2.29. The summed E-state index contributed by atoms with van der Waals surface area (Å²) in [6, 6.07) is 15.1. The van der Waals surface area contributed by atoms with E-state index < -0.39 is 0 Å². The summed E-state index contributed by atoms with van der Waals surface area (Å²) in [6.07, 6.45) is 7.69. The number of pyridine rings is 1. The van der Waals surface area contributed by atoms with E-state index in [0.29, 0.717) is 17.9 Å². The molecule has 1 N–H and O–H groups in total. The minimum Gasteiger partial charge on any atom is -0.376 e. The van der Waals surface area contributed by atoms with Crippen LogP contribution in [-0.4, -0.2) is 4.98 Å². The maximum atomic E-state index is 4.55. The molecule has 1 aliphatic carbocycles. The molecule has 19 heavy (non-hydrogen) atoms. The van der Waals surface area contributed by atoms with Gasteiger partial charge in [-0.25, -0.2) is 0 Å². The Hall–Kier alpha value is -2.09. The van der Waals surface area contributed by atoms with Gasteiger partial charge in [0.05, 0.1) is 11.7 Å². The average Bonchev–Trinajstić information content (AvgIpc) is 2.97. The number of fused-ring (bicyclic) bond motifs is 3. The molecule has 0 spiro atoms. The van der Waals surface area contributed by atoms with Crippen molar-refractivity contribution in [2.24, 2.45) is 5.92 Å². The van der Waals surface area contributed by atoms with Crippen LogP contribution in [0.3, 0.4) is 0 Å². The molecule has 2 aromatic rings. The Bertz CT molecular complexity index is 618. The highest BCUT2D eigenvalue weighted by atomic mass is 15.0. The van der Waals surface area contributed by atoms with E-state index in [9.17, 15) is 0 Å². The number of rotatable bonds is 1. The summed E-state index contributed by atoms with van der Waals surface area (Å²) >= 11 is 0. The number of aromatic nitrogens is 1. The van der Waals surface area contributed by atoms with E-state index in [-0.39, 0.29) is 0 Å². The van der Waals surface area contributed by atoms with Gasteiger partial charge in [-0.1, -0.05) is 36.4 Å². The molecule has 3 atom stereocenters. The van der Waals surface area contributed by atoms with Crippen LogP contribution in [0.5, 0.6) is 0 Å². The number of allylic oxidation sites excluding steroid dienone is 2. The zero-order valence-corrected chi connectivity index (χ0v) is 10.7. The molecular weight excluding hydrogens is 232 g/mol. The van der Waals surface area contributed by atoms with Crippen LogP contribution in [0.15, 0.2) is 60.8 Å². The maximum Gasteiger partial charge on any atom is 0.0725 e. The number of nitrogens with zero attached hydrogens (tertiary/aromatic N) is 1. The zero-order chi connectivity index (χ0) is 12.7. The van der Waals surface area contributed by atoms with Gasteiger partial charge < -0.3 is 5.32 Å². The lowest BCUT2D eigenvalue weighted by atomic mass is 9.78. The SMILES string of the molecule is C1=C[C@H]2c3ccccc3N[C@@H](c3ccccn3)[C@H]2C1. The topological polar surface area (TPSA) is 24.9 Å². The van der Waals surface area contributed by atoms with Gasteiger partial charge in [0, 0.05) is 17.8 Å². The van der Waals surface area contributed by atoms with Crippen molar-refractivity contribution in [1.29, 1.82) is 0 Å². The van der Waals surface area contributed by atoms with E-state index >= 15 is 0 Å². The monoisotopic (exact) mass is 248 g/mol. The Balaban J connectivity index is 1.80. The standard InChI is InChI=1S/C17H16N2/c1-2-9-15-13(6-1)12-7-5-8-14(12)17(19-15)16-10-3-4-11-18-16/h1-7,9-12,14,17,19H,8H2/t12-,14-,17+/m0/s1. The first-order valence-corrected chi connectivity index (χ1v) is 6.86. The second kappa shape index (κ2) is 4.23. The van der Waals surface area contributed by atoms with Gasteiger partial charge >= 0.3 is 0 Å². The Kier molecular flexibility index (Phi) is 2.41. The van der Waals surface area contributed by atoms with Gasteiger partial charge in [-0.2, -0.15) is 0 Å². The van der Waals surface area contributed by atoms with Crippen molar-refractivity contribution in [3.05, 3.63) is 72.1 Å². The van der Waals surface area contributed by atoms with Crippen molar-refractivity contribution in [3.63, 3.8) is 0 Å². The minimum absolute atomic E-state index is 0.316. The van der Waals surface area contributed by atoms with Crippen molar-refractivity contribution in [1.82, 2.24) is 4.98 Å². The normalized spacial score (nSPS) is 27.5. The number of nitrogens with one attached hydrogen (secondary N) is 1. The summed E-state index contributed by atoms with van der Waals surface area (Å²) in [5.74, 6) is 1.12. The predicted molar refractivity (Wildman–Crippen MR) is 77.0 cm³/mol. The number of benzene rings is 1. The number of hydrogen-bond donors (Lipinski definition) is 1. The van der Waals surface area contributed by atoms with Crippen molar-refractivity contribution >= 4 is 5.69 Å². The number of anilines is 1. The van der Waals surface area contributed by atoms with Crippen molar-refractivity contribution in [2.45, 2.75) is 18.4 Å². The average molecular weight is 248 g/mol. The molecular formula is C17H16N2. The molecule has 94 valence electrons. The fourth-order valence-electron chi connectivity index (χ4n) is 3.40. The summed E-state index contributed by atoms with van der Waals surface area (Å²) in [7, 11) is 0. The van der Waals surface area contributed by atoms with Crippen LogP contribution in [0.2, 0.25) is 0 Å². The predicted octanol–water partition coefficient (Wildman–Crippen LogP) is 3.91. The molecule has 0 unspecified atom stereocenters. The number of hydrogen-bond acceptors (Lipinski definition) is 2. The fourth-order valence-corrected chi connectivity index (χ4v) is 3.40. The fraction of sp³-hybridized carbons (Fsp3) is 0.235. The molecule has 1 aromatic carbocycles. The summed E-state index contributed by atoms with van der Waals surface area (Å²) in [5.41, 5.74) is 3.83. The molecule has 4 rings (SSSR count). The van der Waals surface area contributed by atoms with Gasteiger partial charge in [0.1, 0.15) is 0 Å². The van der Waals surface area contributed by atoms with E-state index in [0.717, 1.165) is 12.1 Å². The second-order valence-corrected chi connectivity index (χ2v) is 5.32. The Morgan fingerprint density at radius 1 is 1.05 bits per heavy atom. The van der Waals surface area contributed by atoms with E-state index in [1.807, 2.05) is 12.3 Å². The van der Waals surface area contributed by atoms with Gasteiger partial charge in [0.15, 0.2) is 0 Å². The first-order chi connectivity index (χ1) is 9.43. The molecule has 0 fully saturated rings. The Morgan fingerprint density at radius 2 is 1.95 bits per heavy atom. The van der Waals surface area contributed by atoms with E-state index in [4.69, 9.17) is 0 Å². The van der Waals surface area contributed by atoms with Gasteiger partial charge in [0.2, 0.25) is 0 Å². The summed E-state index contributed by atoms with van der Waals surface area (Å²) in [5, 5.41) is 3.68. The highest BCUT2D eigenvalue weighted by molar-refractivity contribution is 5.59. The lowest BCUT2D eigenvalue weighted by Gasteiger charge is -2.36. The van der Waals surface area contributed by atoms with E-state index in [1.54, 1.807) is 0 Å². The third kappa shape index (κ3) is 1.67. The van der Waals surface area contributed by atoms with Crippen LogP contribution in [0.1, 0.15) is 29.6 Å². The largest absolute Gasteiger partial charge is 0.376 e. The minimum atomic E-state index is 0.316. The maximum absolute atomic E-state index is 4.55. The molecule has 2 nitrogen and oxygen atoms in total. The van der Waals surface area contributed by atoms with Crippen molar-refractivity contribution < 1.29 is 0 Å². The second-order valence-electron chi connectivity index (χ2n) is 5.32. The molecule has 0 bridgehead atoms. The van der Waals surface area contributed by atoms with E-state index in [1.165, 1.54) is 11.3 Å². The van der Waals surface area contributed by atoms with Gasteiger partial charge in [-0.3, -0.25) is 4.98 Å². The quantitative estimate of drug-likeness (QED) is 0.774. The molecule has 2 heteroatoms. The van der Waals surface area contributed by atoms with Crippen molar-refractivity contribution in [3.8, 4) is 0 Å². The first kappa shape index (κ1) is 10.8. The molecule has 1 aromatic heterocycles. The van der Waals surface area contributed by atoms with Crippen LogP contribution in [0, 0.1) is 5.92 Å². The molecule has 0 saturated heterocycles.